The molecule has 194 valence electrons. The van der Waals surface area contributed by atoms with Crippen LogP contribution in [0.5, 0.6) is 5.75 Å². The lowest BCUT2D eigenvalue weighted by Crippen LogP contribution is -2.56. The summed E-state index contributed by atoms with van der Waals surface area (Å²) in [4.78, 5) is 30.3. The number of para-hydroxylation sites is 2. The predicted molar refractivity (Wildman–Crippen MR) is 161 cm³/mol. The third kappa shape index (κ3) is 5.70. The van der Waals surface area contributed by atoms with Crippen molar-refractivity contribution >= 4 is 81.4 Å². The van der Waals surface area contributed by atoms with E-state index in [0.717, 1.165) is 5.56 Å². The third-order valence-electron chi connectivity index (χ3n) is 5.95. The number of thiocarbonyl (C=S) groups is 1. The molecule has 0 unspecified atom stereocenters. The first kappa shape index (κ1) is 26.9. The Bertz CT molecular complexity index is 1550. The standard InChI is InChI=1S/C30H19Cl3N2O3S/c31-21-13-14-27(38-18-19-11-12-22(32)17-26(19)33)20(15-21)16-25-28(36)34(23-7-3-1-4-8-23)30(39)35(29(25)37)24-9-5-2-6-10-24/h1-17H,18H2. The number of hydrogen-bond acceptors (Lipinski definition) is 4. The maximum atomic E-state index is 13.8. The normalized spacial score (nSPS) is 13.6. The summed E-state index contributed by atoms with van der Waals surface area (Å²) in [6.45, 7) is 0.131. The fourth-order valence-electron chi connectivity index (χ4n) is 4.05. The summed E-state index contributed by atoms with van der Waals surface area (Å²) in [7, 11) is 0. The molecule has 0 saturated carbocycles. The van der Waals surface area contributed by atoms with Crippen molar-refractivity contribution in [1.82, 2.24) is 0 Å². The van der Waals surface area contributed by atoms with Gasteiger partial charge in [-0.05, 0) is 72.9 Å². The molecule has 1 saturated heterocycles. The van der Waals surface area contributed by atoms with Crippen molar-refractivity contribution in [2.24, 2.45) is 0 Å². The molecular formula is C30H19Cl3N2O3S. The molecule has 2 amide bonds. The molecule has 1 fully saturated rings. The molecule has 39 heavy (non-hydrogen) atoms. The van der Waals surface area contributed by atoms with E-state index < -0.39 is 11.8 Å². The van der Waals surface area contributed by atoms with Crippen molar-refractivity contribution in [1.29, 1.82) is 0 Å². The Labute approximate surface area is 245 Å². The second kappa shape index (κ2) is 11.6. The van der Waals surface area contributed by atoms with Gasteiger partial charge < -0.3 is 4.74 Å². The monoisotopic (exact) mass is 592 g/mol. The van der Waals surface area contributed by atoms with Crippen LogP contribution in [0.25, 0.3) is 6.08 Å². The first-order valence-electron chi connectivity index (χ1n) is 11.7. The van der Waals surface area contributed by atoms with Crippen LogP contribution in [-0.2, 0) is 16.2 Å². The van der Waals surface area contributed by atoms with Gasteiger partial charge >= 0.3 is 0 Å². The van der Waals surface area contributed by atoms with Gasteiger partial charge in [-0.25, -0.2) is 0 Å². The fourth-order valence-corrected chi connectivity index (χ4v) is 5.07. The summed E-state index contributed by atoms with van der Waals surface area (Å²) in [5.74, 6) is -0.714. The number of carbonyl (C=O) groups is 2. The second-order valence-corrected chi connectivity index (χ2v) is 10.1. The van der Waals surface area contributed by atoms with E-state index >= 15 is 0 Å². The smallest absolute Gasteiger partial charge is 0.270 e. The van der Waals surface area contributed by atoms with E-state index in [-0.39, 0.29) is 17.3 Å². The molecule has 0 bridgehead atoms. The lowest BCUT2D eigenvalue weighted by molar-refractivity contribution is -0.120. The lowest BCUT2D eigenvalue weighted by atomic mass is 10.0. The molecule has 4 aromatic carbocycles. The summed E-state index contributed by atoms with van der Waals surface area (Å²) in [5.41, 5.74) is 2.12. The molecule has 0 N–H and O–H groups in total. The quantitative estimate of drug-likeness (QED) is 0.129. The maximum absolute atomic E-state index is 13.8. The van der Waals surface area contributed by atoms with Gasteiger partial charge in [-0.3, -0.25) is 19.4 Å². The molecule has 9 heteroatoms. The number of carbonyl (C=O) groups excluding carboxylic acids is 2. The van der Waals surface area contributed by atoms with Crippen molar-refractivity contribution in [2.45, 2.75) is 6.61 Å². The summed E-state index contributed by atoms with van der Waals surface area (Å²) in [5, 5.41) is 1.43. The number of rotatable bonds is 6. The molecular weight excluding hydrogens is 575 g/mol. The summed E-state index contributed by atoms with van der Waals surface area (Å²) < 4.78 is 6.05. The highest BCUT2D eigenvalue weighted by atomic mass is 35.5. The first-order valence-corrected chi connectivity index (χ1v) is 13.3. The zero-order chi connectivity index (χ0) is 27.5. The highest BCUT2D eigenvalue weighted by Crippen LogP contribution is 2.33. The van der Waals surface area contributed by atoms with E-state index in [1.165, 1.54) is 15.9 Å². The maximum Gasteiger partial charge on any atom is 0.270 e. The number of halogens is 3. The molecule has 0 atom stereocenters. The minimum Gasteiger partial charge on any atom is -0.488 e. The third-order valence-corrected chi connectivity index (χ3v) is 7.14. The van der Waals surface area contributed by atoms with Crippen LogP contribution in [0, 0.1) is 0 Å². The number of hydrogen-bond donors (Lipinski definition) is 0. The summed E-state index contributed by atoms with van der Waals surface area (Å²) >= 11 is 24.3. The fraction of sp³-hybridized carbons (Fsp3) is 0.0333. The van der Waals surface area contributed by atoms with E-state index in [0.29, 0.717) is 37.8 Å². The van der Waals surface area contributed by atoms with Crippen LogP contribution in [0.2, 0.25) is 15.1 Å². The lowest BCUT2D eigenvalue weighted by Gasteiger charge is -2.36. The van der Waals surface area contributed by atoms with E-state index in [9.17, 15) is 9.59 Å². The zero-order valence-electron chi connectivity index (χ0n) is 20.2. The SMILES string of the molecule is O=C1C(=Cc2cc(Cl)ccc2OCc2ccc(Cl)cc2Cl)C(=O)N(c2ccccc2)C(=S)N1c1ccccc1. The van der Waals surface area contributed by atoms with Gasteiger partial charge in [-0.2, -0.15) is 0 Å². The summed E-state index contributed by atoms with van der Waals surface area (Å²) in [6, 6.07) is 27.9. The Morgan fingerprint density at radius 2 is 1.26 bits per heavy atom. The highest BCUT2D eigenvalue weighted by Gasteiger charge is 2.41. The van der Waals surface area contributed by atoms with Crippen LogP contribution in [0.15, 0.2) is 103 Å². The Balaban J connectivity index is 1.57. The largest absolute Gasteiger partial charge is 0.488 e. The minimum atomic E-state index is -0.560. The number of benzene rings is 4. The van der Waals surface area contributed by atoms with E-state index in [2.05, 4.69) is 0 Å². The van der Waals surface area contributed by atoms with Crippen LogP contribution >= 0.6 is 47.0 Å². The highest BCUT2D eigenvalue weighted by molar-refractivity contribution is 7.81. The second-order valence-electron chi connectivity index (χ2n) is 8.50. The molecule has 5 rings (SSSR count). The number of anilines is 2. The van der Waals surface area contributed by atoms with Crippen molar-refractivity contribution in [3.05, 3.63) is 129 Å². The molecule has 1 aliphatic heterocycles. The number of ether oxygens (including phenoxy) is 1. The van der Waals surface area contributed by atoms with Gasteiger partial charge in [-0.1, -0.05) is 77.3 Å². The van der Waals surface area contributed by atoms with Gasteiger partial charge in [0.05, 0.1) is 11.4 Å². The Morgan fingerprint density at radius 1 is 0.718 bits per heavy atom. The molecule has 0 aliphatic carbocycles. The van der Waals surface area contributed by atoms with Gasteiger partial charge in [-0.15, -0.1) is 0 Å². The van der Waals surface area contributed by atoms with E-state index in [1.54, 1.807) is 84.9 Å². The average Bonchev–Trinajstić information content (AvgIpc) is 2.93. The van der Waals surface area contributed by atoms with Gasteiger partial charge in [0.1, 0.15) is 17.9 Å². The number of nitrogens with zero attached hydrogens (tertiary/aromatic N) is 2. The first-order chi connectivity index (χ1) is 18.8. The van der Waals surface area contributed by atoms with Crippen LogP contribution < -0.4 is 14.5 Å². The van der Waals surface area contributed by atoms with Crippen LogP contribution in [0.4, 0.5) is 11.4 Å². The molecule has 0 spiro atoms. The Morgan fingerprint density at radius 3 is 1.82 bits per heavy atom. The summed E-state index contributed by atoms with van der Waals surface area (Å²) in [6.07, 6.45) is 1.48. The van der Waals surface area contributed by atoms with Gasteiger partial charge in [0, 0.05) is 26.2 Å². The topological polar surface area (TPSA) is 49.9 Å². The Hall–Kier alpha value is -3.68. The zero-order valence-corrected chi connectivity index (χ0v) is 23.3. The molecule has 4 aromatic rings. The van der Waals surface area contributed by atoms with Crippen LogP contribution in [-0.4, -0.2) is 16.9 Å². The van der Waals surface area contributed by atoms with Crippen molar-refractivity contribution < 1.29 is 14.3 Å². The predicted octanol–water partition coefficient (Wildman–Crippen LogP) is 7.97. The van der Waals surface area contributed by atoms with Crippen LogP contribution in [0.1, 0.15) is 11.1 Å². The van der Waals surface area contributed by atoms with Crippen LogP contribution in [0.3, 0.4) is 0 Å². The van der Waals surface area contributed by atoms with E-state index in [1.807, 2.05) is 12.1 Å². The average molecular weight is 594 g/mol. The number of amides is 2. The molecule has 1 aliphatic rings. The van der Waals surface area contributed by atoms with Gasteiger partial charge in [0.25, 0.3) is 11.8 Å². The molecule has 0 radical (unpaired) electrons. The molecule has 1 heterocycles. The van der Waals surface area contributed by atoms with Gasteiger partial charge in [0.15, 0.2) is 5.11 Å². The van der Waals surface area contributed by atoms with E-state index in [4.69, 9.17) is 51.8 Å². The molecule has 0 aromatic heterocycles. The Kier molecular flexibility index (Phi) is 8.00. The van der Waals surface area contributed by atoms with Gasteiger partial charge in [0.2, 0.25) is 0 Å². The minimum absolute atomic E-state index is 0.0551. The molecule has 5 nitrogen and oxygen atoms in total. The van der Waals surface area contributed by atoms with Crippen molar-refractivity contribution in [2.75, 3.05) is 9.80 Å². The van der Waals surface area contributed by atoms with Crippen molar-refractivity contribution in [3.63, 3.8) is 0 Å². The van der Waals surface area contributed by atoms with Crippen molar-refractivity contribution in [3.8, 4) is 5.75 Å².